The highest BCUT2D eigenvalue weighted by atomic mass is 32.1. The van der Waals surface area contributed by atoms with Gasteiger partial charge in [0.1, 0.15) is 12.2 Å². The van der Waals surface area contributed by atoms with Crippen molar-refractivity contribution < 1.29 is 0 Å². The minimum atomic E-state index is 0.0312. The molecule has 1 atom stereocenters. The maximum Gasteiger partial charge on any atom is 0.195 e. The first kappa shape index (κ1) is 10.0. The summed E-state index contributed by atoms with van der Waals surface area (Å²) in [7, 11) is 1.91. The predicted molar refractivity (Wildman–Crippen MR) is 57.0 cm³/mol. The molecule has 0 radical (unpaired) electrons. The van der Waals surface area contributed by atoms with Gasteiger partial charge in [-0.05, 0) is 26.1 Å². The van der Waals surface area contributed by atoms with Gasteiger partial charge in [0.15, 0.2) is 10.6 Å². The van der Waals surface area contributed by atoms with Gasteiger partial charge in [0.2, 0.25) is 0 Å². The maximum absolute atomic E-state index is 5.15. The third kappa shape index (κ3) is 1.58. The van der Waals surface area contributed by atoms with Gasteiger partial charge in [-0.3, -0.25) is 9.67 Å². The lowest BCUT2D eigenvalue weighted by Crippen LogP contribution is -2.13. The van der Waals surface area contributed by atoms with E-state index in [-0.39, 0.29) is 6.04 Å². The van der Waals surface area contributed by atoms with Crippen molar-refractivity contribution in [3.8, 4) is 0 Å². The fraction of sp³-hybridized carbons (Fsp3) is 0.500. The van der Waals surface area contributed by atoms with Gasteiger partial charge >= 0.3 is 0 Å². The lowest BCUT2D eigenvalue weighted by Gasteiger charge is -2.12. The molecule has 0 aromatic carbocycles. The van der Waals surface area contributed by atoms with Crippen LogP contribution in [0.1, 0.15) is 24.6 Å². The number of aromatic nitrogens is 6. The number of aryl methyl sites for hydroxylation is 2. The van der Waals surface area contributed by atoms with E-state index < -0.39 is 0 Å². The predicted octanol–water partition coefficient (Wildman–Crippen LogP) is 0.987. The SMILES string of the molecule is Cc1n[nH]c(=S)n1C(C)c1nncn1C. The lowest BCUT2D eigenvalue weighted by atomic mass is 10.3. The van der Waals surface area contributed by atoms with Crippen LogP contribution in [-0.4, -0.2) is 29.5 Å². The maximum atomic E-state index is 5.15. The summed E-state index contributed by atoms with van der Waals surface area (Å²) in [4.78, 5) is 0. The standard InChI is InChI=1S/C8H12N6S/c1-5(7-11-9-4-13(7)3)14-6(2)10-12-8(14)15/h4-5H,1-3H3,(H,12,15). The summed E-state index contributed by atoms with van der Waals surface area (Å²) in [6.45, 7) is 3.92. The molecule has 0 fully saturated rings. The Morgan fingerprint density at radius 2 is 2.27 bits per heavy atom. The first-order chi connectivity index (χ1) is 7.11. The topological polar surface area (TPSA) is 64.3 Å². The monoisotopic (exact) mass is 224 g/mol. The summed E-state index contributed by atoms with van der Waals surface area (Å²) in [6, 6.07) is 0.0312. The van der Waals surface area contributed by atoms with Gasteiger partial charge in [0.05, 0.1) is 6.04 Å². The summed E-state index contributed by atoms with van der Waals surface area (Å²) in [6.07, 6.45) is 1.67. The average molecular weight is 224 g/mol. The number of rotatable bonds is 2. The van der Waals surface area contributed by atoms with Crippen molar-refractivity contribution in [3.63, 3.8) is 0 Å². The van der Waals surface area contributed by atoms with Crippen LogP contribution in [0, 0.1) is 11.7 Å². The smallest absolute Gasteiger partial charge is 0.195 e. The Labute approximate surface area is 92.0 Å². The van der Waals surface area contributed by atoms with E-state index >= 15 is 0 Å². The van der Waals surface area contributed by atoms with Crippen LogP contribution in [0.2, 0.25) is 0 Å². The van der Waals surface area contributed by atoms with E-state index in [1.165, 1.54) is 0 Å². The van der Waals surface area contributed by atoms with Crippen molar-refractivity contribution in [2.45, 2.75) is 19.9 Å². The molecule has 2 aromatic rings. The molecular weight excluding hydrogens is 212 g/mol. The van der Waals surface area contributed by atoms with Gasteiger partial charge in [-0.1, -0.05) is 0 Å². The normalized spacial score (nSPS) is 13.0. The minimum absolute atomic E-state index is 0.0312. The Balaban J connectivity index is 2.49. The Bertz CT molecular complexity index is 521. The number of H-pyrrole nitrogens is 1. The third-order valence-corrected chi connectivity index (χ3v) is 2.68. The van der Waals surface area contributed by atoms with Crippen molar-refractivity contribution in [2.24, 2.45) is 7.05 Å². The molecule has 80 valence electrons. The highest BCUT2D eigenvalue weighted by Crippen LogP contribution is 2.16. The molecule has 0 saturated carbocycles. The fourth-order valence-electron chi connectivity index (χ4n) is 1.63. The Morgan fingerprint density at radius 1 is 1.53 bits per heavy atom. The zero-order chi connectivity index (χ0) is 11.0. The molecule has 1 unspecified atom stereocenters. The number of aromatic amines is 1. The molecule has 2 heterocycles. The summed E-state index contributed by atoms with van der Waals surface area (Å²) in [5.74, 6) is 1.70. The van der Waals surface area contributed by atoms with Gasteiger partial charge in [0, 0.05) is 7.05 Å². The summed E-state index contributed by atoms with van der Waals surface area (Å²) >= 11 is 5.15. The highest BCUT2D eigenvalue weighted by molar-refractivity contribution is 7.71. The Kier molecular flexibility index (Phi) is 2.39. The van der Waals surface area contributed by atoms with Crippen molar-refractivity contribution in [2.75, 3.05) is 0 Å². The number of hydrogen-bond acceptors (Lipinski definition) is 4. The van der Waals surface area contributed by atoms with Crippen LogP contribution in [0.5, 0.6) is 0 Å². The van der Waals surface area contributed by atoms with Crippen molar-refractivity contribution in [1.82, 2.24) is 29.5 Å². The van der Waals surface area contributed by atoms with Crippen LogP contribution < -0.4 is 0 Å². The molecule has 0 spiro atoms. The highest BCUT2D eigenvalue weighted by Gasteiger charge is 2.16. The van der Waals surface area contributed by atoms with Crippen LogP contribution in [0.25, 0.3) is 0 Å². The lowest BCUT2D eigenvalue weighted by molar-refractivity contribution is 0.554. The third-order valence-electron chi connectivity index (χ3n) is 2.39. The molecule has 2 rings (SSSR count). The van der Waals surface area contributed by atoms with Crippen molar-refractivity contribution in [1.29, 1.82) is 0 Å². The molecule has 6 nitrogen and oxygen atoms in total. The van der Waals surface area contributed by atoms with Crippen molar-refractivity contribution >= 4 is 12.2 Å². The van der Waals surface area contributed by atoms with Crippen LogP contribution in [-0.2, 0) is 7.05 Å². The summed E-state index contributed by atoms with van der Waals surface area (Å²) in [5.41, 5.74) is 0. The molecule has 2 aromatic heterocycles. The number of hydrogen-bond donors (Lipinski definition) is 1. The van der Waals surface area contributed by atoms with Crippen LogP contribution in [0.15, 0.2) is 6.33 Å². The summed E-state index contributed by atoms with van der Waals surface area (Å²) in [5, 5.41) is 14.7. The van der Waals surface area contributed by atoms with E-state index in [0.717, 1.165) is 11.6 Å². The summed E-state index contributed by atoms with van der Waals surface area (Å²) < 4.78 is 4.39. The van der Waals surface area contributed by atoms with Gasteiger partial charge in [-0.15, -0.1) is 10.2 Å². The largest absolute Gasteiger partial charge is 0.319 e. The van der Waals surface area contributed by atoms with Gasteiger partial charge in [-0.25, -0.2) is 0 Å². The van der Waals surface area contributed by atoms with Gasteiger partial charge < -0.3 is 4.57 Å². The first-order valence-corrected chi connectivity index (χ1v) is 4.99. The Morgan fingerprint density at radius 3 is 2.73 bits per heavy atom. The zero-order valence-corrected chi connectivity index (χ0v) is 9.62. The second-order valence-electron chi connectivity index (χ2n) is 3.42. The second-order valence-corrected chi connectivity index (χ2v) is 3.81. The molecule has 0 amide bonds. The quantitative estimate of drug-likeness (QED) is 0.772. The molecule has 0 bridgehead atoms. The molecule has 0 aliphatic rings. The van der Waals surface area contributed by atoms with E-state index in [1.54, 1.807) is 6.33 Å². The molecule has 0 saturated heterocycles. The second kappa shape index (κ2) is 3.58. The van der Waals surface area contributed by atoms with E-state index in [9.17, 15) is 0 Å². The Hall–Kier alpha value is -1.50. The molecule has 0 aliphatic heterocycles. The number of nitrogens with zero attached hydrogens (tertiary/aromatic N) is 5. The van der Waals surface area contributed by atoms with E-state index in [1.807, 2.05) is 30.0 Å². The van der Waals surface area contributed by atoms with Crippen LogP contribution in [0.4, 0.5) is 0 Å². The van der Waals surface area contributed by atoms with Crippen molar-refractivity contribution in [3.05, 3.63) is 22.7 Å². The molecule has 1 N–H and O–H groups in total. The van der Waals surface area contributed by atoms with E-state index in [0.29, 0.717) is 4.77 Å². The van der Waals surface area contributed by atoms with Crippen LogP contribution >= 0.6 is 12.2 Å². The first-order valence-electron chi connectivity index (χ1n) is 4.58. The molecule has 0 aliphatic carbocycles. The minimum Gasteiger partial charge on any atom is -0.319 e. The average Bonchev–Trinajstić information content (AvgIpc) is 2.73. The number of nitrogens with one attached hydrogen (secondary N) is 1. The van der Waals surface area contributed by atoms with Gasteiger partial charge in [0.25, 0.3) is 0 Å². The van der Waals surface area contributed by atoms with E-state index in [2.05, 4.69) is 20.4 Å². The fourth-order valence-corrected chi connectivity index (χ4v) is 1.96. The molecular formula is C8H12N6S. The zero-order valence-electron chi connectivity index (χ0n) is 8.80. The van der Waals surface area contributed by atoms with Gasteiger partial charge in [-0.2, -0.15) is 5.10 Å². The van der Waals surface area contributed by atoms with Crippen LogP contribution in [0.3, 0.4) is 0 Å². The molecule has 15 heavy (non-hydrogen) atoms. The van der Waals surface area contributed by atoms with E-state index in [4.69, 9.17) is 12.2 Å². The molecule has 7 heteroatoms.